The molecule has 1 aromatic carbocycles. The number of likely N-dealkylation sites (tertiary alicyclic amines) is 1. The number of rotatable bonds is 7. The Labute approximate surface area is 211 Å². The summed E-state index contributed by atoms with van der Waals surface area (Å²) in [6.07, 6.45) is 1.76. The summed E-state index contributed by atoms with van der Waals surface area (Å²) in [6, 6.07) is 1.58. The first-order chi connectivity index (χ1) is 17.3. The van der Waals surface area contributed by atoms with E-state index in [0.29, 0.717) is 18.9 Å². The molecule has 2 heterocycles. The fourth-order valence-corrected chi connectivity index (χ4v) is 5.09. The van der Waals surface area contributed by atoms with E-state index in [2.05, 4.69) is 16.9 Å². The molecule has 0 unspecified atom stereocenters. The Bertz CT molecular complexity index is 1340. The molecule has 2 aliphatic rings. The lowest BCUT2D eigenvalue weighted by Gasteiger charge is -2.27. The highest BCUT2D eigenvalue weighted by molar-refractivity contribution is 7.90. The molecule has 1 aromatic heterocycles. The molecule has 0 spiro atoms. The number of carbonyl (C=O) groups is 2. The van der Waals surface area contributed by atoms with Gasteiger partial charge in [0.25, 0.3) is 5.91 Å². The monoisotopic (exact) mass is 539 g/mol. The van der Waals surface area contributed by atoms with Gasteiger partial charge in [-0.15, -0.1) is 6.58 Å². The molecule has 1 N–H and O–H groups in total. The van der Waals surface area contributed by atoms with Gasteiger partial charge in [-0.3, -0.25) is 14.6 Å². The summed E-state index contributed by atoms with van der Waals surface area (Å²) >= 11 is 0. The van der Waals surface area contributed by atoms with Crippen molar-refractivity contribution in [3.05, 3.63) is 71.8 Å². The number of hydrogen-bond acceptors (Lipinski definition) is 5. The van der Waals surface area contributed by atoms with Crippen molar-refractivity contribution in [2.75, 3.05) is 12.8 Å². The van der Waals surface area contributed by atoms with Crippen LogP contribution in [0.4, 0.5) is 17.6 Å². The highest BCUT2D eigenvalue weighted by Gasteiger charge is 2.42. The molecule has 1 aliphatic carbocycles. The second-order valence-electron chi connectivity index (χ2n) is 9.44. The predicted molar refractivity (Wildman–Crippen MR) is 125 cm³/mol. The number of carbonyl (C=O) groups excluding carboxylic acids is 2. The second kappa shape index (κ2) is 9.88. The van der Waals surface area contributed by atoms with Crippen molar-refractivity contribution in [3.63, 3.8) is 0 Å². The van der Waals surface area contributed by atoms with E-state index >= 15 is 0 Å². The van der Waals surface area contributed by atoms with Crippen molar-refractivity contribution < 1.29 is 35.6 Å². The number of pyridine rings is 1. The zero-order valence-electron chi connectivity index (χ0n) is 19.8. The Morgan fingerprint density at radius 1 is 1.22 bits per heavy atom. The van der Waals surface area contributed by atoms with Gasteiger partial charge in [0, 0.05) is 30.8 Å². The first kappa shape index (κ1) is 26.8. The standard InChI is InChI=1S/C25H25F4N3O4S/c1-3-14-8-21(32(13-14)24(34)16-9-18(12-30-11-16)37(2,35)36)23(33)31-22(15-4-5-15)19-7-6-17(10-20(19)26)25(27,28)29/h3,6-7,9-12,14-15,21-22H,1,4-5,8,13H2,2H3,(H,31,33)/t14-,21-,22-/m1/s1. The lowest BCUT2D eigenvalue weighted by Crippen LogP contribution is -2.47. The van der Waals surface area contributed by atoms with E-state index in [1.807, 2.05) is 0 Å². The average Bonchev–Trinajstić information content (AvgIpc) is 3.58. The molecule has 2 fully saturated rings. The van der Waals surface area contributed by atoms with Gasteiger partial charge in [-0.1, -0.05) is 12.1 Å². The average molecular weight is 540 g/mol. The largest absolute Gasteiger partial charge is 0.416 e. The minimum absolute atomic E-state index is 0.0158. The lowest BCUT2D eigenvalue weighted by atomic mass is 9.98. The van der Waals surface area contributed by atoms with E-state index in [0.717, 1.165) is 24.6 Å². The van der Waals surface area contributed by atoms with Crippen LogP contribution in [-0.2, 0) is 20.8 Å². The smallest absolute Gasteiger partial charge is 0.347 e. The molecule has 0 radical (unpaired) electrons. The summed E-state index contributed by atoms with van der Waals surface area (Å²) < 4.78 is 77.5. The minimum atomic E-state index is -4.70. The SMILES string of the molecule is C=C[C@@H]1C[C@H](C(=O)N[C@@H](c2ccc(C(F)(F)F)cc2F)C2CC2)N(C(=O)c2cncc(S(C)(=O)=O)c2)C1. The predicted octanol–water partition coefficient (Wildman–Crippen LogP) is 3.93. The van der Waals surface area contributed by atoms with E-state index in [4.69, 9.17) is 0 Å². The van der Waals surface area contributed by atoms with E-state index in [9.17, 15) is 35.6 Å². The number of nitrogens with one attached hydrogen (secondary N) is 1. The maximum atomic E-state index is 14.7. The lowest BCUT2D eigenvalue weighted by molar-refractivity contribution is -0.137. The van der Waals surface area contributed by atoms with Crippen LogP contribution in [-0.4, -0.2) is 49.0 Å². The number of amides is 2. The Balaban J connectivity index is 1.59. The normalized spacial score (nSPS) is 20.9. The molecule has 0 bridgehead atoms. The van der Waals surface area contributed by atoms with Crippen LogP contribution >= 0.6 is 0 Å². The molecule has 37 heavy (non-hydrogen) atoms. The van der Waals surface area contributed by atoms with Gasteiger partial charge < -0.3 is 10.2 Å². The zero-order valence-corrected chi connectivity index (χ0v) is 20.7. The molecular formula is C25H25F4N3O4S. The highest BCUT2D eigenvalue weighted by Crippen LogP contribution is 2.43. The quantitative estimate of drug-likeness (QED) is 0.425. The Hall–Kier alpha value is -3.28. The van der Waals surface area contributed by atoms with Crippen molar-refractivity contribution >= 4 is 21.7 Å². The zero-order chi connectivity index (χ0) is 27.1. The van der Waals surface area contributed by atoms with Crippen molar-refractivity contribution in [2.24, 2.45) is 11.8 Å². The molecule has 2 amide bonds. The van der Waals surface area contributed by atoms with Gasteiger partial charge in [0.1, 0.15) is 11.9 Å². The highest BCUT2D eigenvalue weighted by atomic mass is 32.2. The van der Waals surface area contributed by atoms with E-state index in [1.165, 1.54) is 17.2 Å². The number of hydrogen-bond donors (Lipinski definition) is 1. The summed E-state index contributed by atoms with van der Waals surface area (Å²) in [7, 11) is -3.63. The first-order valence-corrected chi connectivity index (χ1v) is 13.4. The van der Waals surface area contributed by atoms with Crippen LogP contribution < -0.4 is 5.32 Å². The van der Waals surface area contributed by atoms with Crippen molar-refractivity contribution in [3.8, 4) is 0 Å². The molecule has 2 aromatic rings. The fraction of sp³-hybridized carbons (Fsp3) is 0.400. The molecule has 1 saturated heterocycles. The summed E-state index contributed by atoms with van der Waals surface area (Å²) in [5.41, 5.74) is -1.19. The van der Waals surface area contributed by atoms with Crippen molar-refractivity contribution in [1.29, 1.82) is 0 Å². The third kappa shape index (κ3) is 5.84. The molecule has 12 heteroatoms. The van der Waals surface area contributed by atoms with Crippen LogP contribution in [0.5, 0.6) is 0 Å². The van der Waals surface area contributed by atoms with Crippen molar-refractivity contribution in [2.45, 2.75) is 42.4 Å². The molecule has 1 saturated carbocycles. The summed E-state index contributed by atoms with van der Waals surface area (Å²) in [5, 5.41) is 2.75. The number of sulfone groups is 1. The first-order valence-electron chi connectivity index (χ1n) is 11.5. The second-order valence-corrected chi connectivity index (χ2v) is 11.5. The van der Waals surface area contributed by atoms with Gasteiger partial charge in [-0.25, -0.2) is 12.8 Å². The molecule has 7 nitrogen and oxygen atoms in total. The third-order valence-corrected chi connectivity index (χ3v) is 7.75. The topological polar surface area (TPSA) is 96.4 Å². The Morgan fingerprint density at radius 2 is 1.92 bits per heavy atom. The van der Waals surface area contributed by atoms with E-state index in [1.54, 1.807) is 6.08 Å². The Kier molecular flexibility index (Phi) is 7.15. The number of benzene rings is 1. The third-order valence-electron chi connectivity index (χ3n) is 6.67. The molecule has 198 valence electrons. The van der Waals surface area contributed by atoms with Crippen molar-refractivity contribution in [1.82, 2.24) is 15.2 Å². The van der Waals surface area contributed by atoms with Gasteiger partial charge in [0.15, 0.2) is 9.84 Å². The number of nitrogens with zero attached hydrogens (tertiary/aromatic N) is 2. The van der Waals surface area contributed by atoms with Crippen LogP contribution in [0.15, 0.2) is 54.2 Å². The van der Waals surface area contributed by atoms with Crippen LogP contribution in [0.25, 0.3) is 0 Å². The maximum Gasteiger partial charge on any atom is 0.416 e. The summed E-state index contributed by atoms with van der Waals surface area (Å²) in [6.45, 7) is 3.88. The van der Waals surface area contributed by atoms with Crippen LogP contribution in [0.2, 0.25) is 0 Å². The van der Waals surface area contributed by atoms with Gasteiger partial charge in [-0.05, 0) is 49.3 Å². The Morgan fingerprint density at radius 3 is 2.49 bits per heavy atom. The number of aromatic nitrogens is 1. The molecular weight excluding hydrogens is 514 g/mol. The van der Waals surface area contributed by atoms with Crippen LogP contribution in [0.3, 0.4) is 0 Å². The van der Waals surface area contributed by atoms with Gasteiger partial charge >= 0.3 is 6.18 Å². The minimum Gasteiger partial charge on any atom is -0.347 e. The van der Waals surface area contributed by atoms with Gasteiger partial charge in [0.05, 0.1) is 22.1 Å². The summed E-state index contributed by atoms with van der Waals surface area (Å²) in [5.74, 6) is -2.63. The van der Waals surface area contributed by atoms with Crippen LogP contribution in [0.1, 0.15) is 46.8 Å². The van der Waals surface area contributed by atoms with Gasteiger partial charge in [0.2, 0.25) is 5.91 Å². The molecule has 3 atom stereocenters. The van der Waals surface area contributed by atoms with E-state index in [-0.39, 0.29) is 40.8 Å². The fourth-order valence-electron chi connectivity index (χ4n) is 4.50. The van der Waals surface area contributed by atoms with Gasteiger partial charge in [-0.2, -0.15) is 13.2 Å². The molecule has 1 aliphatic heterocycles. The summed E-state index contributed by atoms with van der Waals surface area (Å²) in [4.78, 5) is 31.7. The number of halogens is 4. The van der Waals surface area contributed by atoms with Crippen LogP contribution in [0, 0.1) is 17.7 Å². The molecule has 4 rings (SSSR count). The number of alkyl halides is 3. The maximum absolute atomic E-state index is 14.7. The van der Waals surface area contributed by atoms with E-state index < -0.39 is 51.3 Å².